The topological polar surface area (TPSA) is 0 Å². The third kappa shape index (κ3) is 8.64. The molecule has 0 saturated heterocycles. The summed E-state index contributed by atoms with van der Waals surface area (Å²) < 4.78 is 1.92. The van der Waals surface area contributed by atoms with Crippen molar-refractivity contribution in [1.29, 1.82) is 0 Å². The molecular formula is C25H40Cl2PRu+. The minimum atomic E-state index is -1.61. The van der Waals surface area contributed by atoms with E-state index in [0.29, 0.717) is 0 Å². The Hall–Kier alpha value is 0.723. The molecule has 1 aromatic carbocycles. The molecule has 0 radical (unpaired) electrons. The molecule has 0 amide bonds. The van der Waals surface area contributed by atoms with Crippen LogP contribution in [0.2, 0.25) is 0 Å². The van der Waals surface area contributed by atoms with E-state index >= 15 is 0 Å². The van der Waals surface area contributed by atoms with Crippen molar-refractivity contribution >= 4 is 31.9 Å². The van der Waals surface area contributed by atoms with Crippen molar-refractivity contribution in [2.75, 3.05) is 0 Å². The van der Waals surface area contributed by atoms with E-state index in [1.807, 2.05) is 34.9 Å². The predicted molar refractivity (Wildman–Crippen MR) is 132 cm³/mol. The van der Waals surface area contributed by atoms with Gasteiger partial charge in [-0.2, -0.15) is 0 Å². The molecule has 0 atom stereocenters. The Kier molecular flexibility index (Phi) is 11.8. The molecule has 3 aliphatic carbocycles. The van der Waals surface area contributed by atoms with Gasteiger partial charge in [0.25, 0.3) is 0 Å². The van der Waals surface area contributed by atoms with Crippen LogP contribution in [0.5, 0.6) is 0 Å². The van der Waals surface area contributed by atoms with E-state index in [2.05, 4.69) is 0 Å². The summed E-state index contributed by atoms with van der Waals surface area (Å²) in [6.45, 7) is 0. The molecule has 3 saturated carbocycles. The van der Waals surface area contributed by atoms with Gasteiger partial charge in [-0.3, -0.25) is 0 Å². The van der Waals surface area contributed by atoms with Crippen LogP contribution in [0.25, 0.3) is 0 Å². The van der Waals surface area contributed by atoms with Crippen LogP contribution in [-0.2, 0) is 13.5 Å². The number of benzene rings is 1. The van der Waals surface area contributed by atoms with Crippen molar-refractivity contribution < 1.29 is 13.5 Å². The standard InChI is InChI=1S/C18H33P.C7H6.2ClH.Ru/c1-4-10-16(11-5-1)19(17-12-6-2-7-13-17)18-14-8-3-9-15-18;1-7-5-3-2-4-6-7;;;/h16-18H,1-15H2;1-6H;2*1H;/q;;;;+2/p-1. The molecule has 0 N–H and O–H groups in total. The molecule has 29 heavy (non-hydrogen) atoms. The van der Waals surface area contributed by atoms with E-state index in [1.165, 1.54) is 17.0 Å². The van der Waals surface area contributed by atoms with Crippen LogP contribution in [0.15, 0.2) is 30.3 Å². The first-order chi connectivity index (χ1) is 14.2. The zero-order chi connectivity index (χ0) is 20.3. The number of hydrogen-bond acceptors (Lipinski definition) is 0. The second-order valence-electron chi connectivity index (χ2n) is 9.22. The maximum absolute atomic E-state index is 5.67. The molecule has 0 aliphatic heterocycles. The molecule has 166 valence electrons. The van der Waals surface area contributed by atoms with E-state index in [0.717, 1.165) is 5.56 Å². The Bertz CT molecular complexity index is 541. The van der Waals surface area contributed by atoms with Crippen molar-refractivity contribution in [3.8, 4) is 0 Å². The SMILES string of the molecule is C1CCC([PH+](C2CCCCC2)C2CCCCC2)CC1.[Cl][Ru]([Cl])=[CH]c1ccccc1. The van der Waals surface area contributed by atoms with Crippen LogP contribution < -0.4 is 0 Å². The summed E-state index contributed by atoms with van der Waals surface area (Å²) in [6, 6.07) is 9.89. The van der Waals surface area contributed by atoms with Crippen LogP contribution in [0.1, 0.15) is 102 Å². The van der Waals surface area contributed by atoms with Gasteiger partial charge in [-0.05, 0) is 77.0 Å². The average molecular weight is 544 g/mol. The quantitative estimate of drug-likeness (QED) is 0.263. The first-order valence-electron chi connectivity index (χ1n) is 12.0. The number of rotatable bonds is 4. The summed E-state index contributed by atoms with van der Waals surface area (Å²) in [7, 11) is 11.3. The molecule has 0 spiro atoms. The molecule has 0 unspecified atom stereocenters. The zero-order valence-electron chi connectivity index (χ0n) is 17.9. The Morgan fingerprint density at radius 3 is 1.34 bits per heavy atom. The Balaban J connectivity index is 0.000000204. The van der Waals surface area contributed by atoms with Crippen LogP contribution in [-0.4, -0.2) is 21.6 Å². The molecule has 3 aliphatic rings. The molecule has 4 rings (SSSR count). The summed E-state index contributed by atoms with van der Waals surface area (Å²) in [6.07, 6.45) is 23.8. The fraction of sp³-hybridized carbons (Fsp3) is 0.720. The van der Waals surface area contributed by atoms with Crippen LogP contribution in [0.3, 0.4) is 0 Å². The first-order valence-corrected chi connectivity index (χ1v) is 19.2. The maximum atomic E-state index is 5.67. The van der Waals surface area contributed by atoms with Crippen LogP contribution >= 0.6 is 27.3 Å². The number of hydrogen-bond donors (Lipinski definition) is 0. The number of halogens is 2. The minimum absolute atomic E-state index is 0.0465. The van der Waals surface area contributed by atoms with Crippen molar-refractivity contribution in [2.45, 2.75) is 113 Å². The van der Waals surface area contributed by atoms with Gasteiger partial charge in [0.2, 0.25) is 0 Å². The first kappa shape index (κ1) is 24.4. The van der Waals surface area contributed by atoms with Gasteiger partial charge in [0, 0.05) is 7.92 Å². The van der Waals surface area contributed by atoms with Gasteiger partial charge in [-0.15, -0.1) is 0 Å². The third-order valence-corrected chi connectivity index (χ3v) is 13.7. The van der Waals surface area contributed by atoms with Gasteiger partial charge in [-0.1, -0.05) is 19.3 Å². The summed E-state index contributed by atoms with van der Waals surface area (Å²) in [5.74, 6) is 0. The molecule has 4 heteroatoms. The monoisotopic (exact) mass is 543 g/mol. The molecule has 0 nitrogen and oxygen atoms in total. The predicted octanol–water partition coefficient (Wildman–Crippen LogP) is 8.96. The fourth-order valence-electron chi connectivity index (χ4n) is 5.92. The Labute approximate surface area is 193 Å². The van der Waals surface area contributed by atoms with E-state index in [4.69, 9.17) is 19.4 Å². The molecule has 0 heterocycles. The third-order valence-electron chi connectivity index (χ3n) is 7.22. The second-order valence-corrected chi connectivity index (χ2v) is 18.4. The van der Waals surface area contributed by atoms with Crippen molar-refractivity contribution in [1.82, 2.24) is 0 Å². The van der Waals surface area contributed by atoms with E-state index in [-0.39, 0.29) is 7.92 Å². The summed E-state index contributed by atoms with van der Waals surface area (Å²) in [5, 5.41) is 0. The van der Waals surface area contributed by atoms with Gasteiger partial charge in [0.05, 0.1) is 17.0 Å². The van der Waals surface area contributed by atoms with Crippen LogP contribution in [0.4, 0.5) is 0 Å². The van der Waals surface area contributed by atoms with E-state index in [1.54, 1.807) is 96.3 Å². The summed E-state index contributed by atoms with van der Waals surface area (Å²) in [4.78, 5) is 0. The fourth-order valence-corrected chi connectivity index (χ4v) is 13.0. The second kappa shape index (κ2) is 14.0. The molecule has 0 aromatic heterocycles. The summed E-state index contributed by atoms with van der Waals surface area (Å²) >= 11 is -1.61. The van der Waals surface area contributed by atoms with Crippen molar-refractivity contribution in [3.63, 3.8) is 0 Å². The van der Waals surface area contributed by atoms with E-state index in [9.17, 15) is 0 Å². The van der Waals surface area contributed by atoms with Gasteiger partial charge in [0.1, 0.15) is 0 Å². The zero-order valence-corrected chi connectivity index (χ0v) is 22.2. The molecule has 1 aromatic rings. The van der Waals surface area contributed by atoms with Gasteiger partial charge >= 0.3 is 73.4 Å². The van der Waals surface area contributed by atoms with Crippen molar-refractivity contribution in [3.05, 3.63) is 35.9 Å². The van der Waals surface area contributed by atoms with Crippen LogP contribution in [0, 0.1) is 0 Å². The molecule has 0 bridgehead atoms. The normalized spacial score (nSPS) is 22.7. The van der Waals surface area contributed by atoms with E-state index < -0.39 is 13.5 Å². The molecule has 3 fully saturated rings. The summed E-state index contributed by atoms with van der Waals surface area (Å²) in [5.41, 5.74) is 4.80. The van der Waals surface area contributed by atoms with Gasteiger partial charge in [-0.25, -0.2) is 0 Å². The van der Waals surface area contributed by atoms with Crippen molar-refractivity contribution in [2.24, 2.45) is 0 Å². The Morgan fingerprint density at radius 2 is 1.00 bits per heavy atom. The average Bonchev–Trinajstić information content (AvgIpc) is 2.77. The Morgan fingerprint density at radius 1 is 0.621 bits per heavy atom. The van der Waals surface area contributed by atoms with Gasteiger partial charge in [0.15, 0.2) is 0 Å². The van der Waals surface area contributed by atoms with Gasteiger partial charge < -0.3 is 0 Å². The molecular weight excluding hydrogens is 503 g/mol.